The molecule has 0 bridgehead atoms. The standard InChI is InChI=1S/C15H13NO6S/c17-5-8-1-3-9(4-2-8)15(21)22-6-10-12(18)16-11(14(19)20)7-23-13(10)16/h1-4,7,10,13,17H,5-6H2,(H,19,20)/t10?,13-/m0/s1. The Morgan fingerprint density at radius 1 is 1.26 bits per heavy atom. The van der Waals surface area contributed by atoms with Gasteiger partial charge in [-0.05, 0) is 17.7 Å². The number of ether oxygens (including phenoxy) is 1. The van der Waals surface area contributed by atoms with E-state index in [1.165, 1.54) is 34.2 Å². The molecule has 0 aromatic heterocycles. The van der Waals surface area contributed by atoms with Gasteiger partial charge in [-0.3, -0.25) is 9.69 Å². The number of carbonyl (C=O) groups is 3. The first-order chi connectivity index (χ1) is 11.0. The van der Waals surface area contributed by atoms with E-state index in [1.54, 1.807) is 12.1 Å². The Kier molecular flexibility index (Phi) is 4.10. The molecule has 1 aromatic carbocycles. The number of amides is 1. The minimum atomic E-state index is -1.15. The first kappa shape index (κ1) is 15.6. The summed E-state index contributed by atoms with van der Waals surface area (Å²) in [5.41, 5.74) is 0.974. The molecule has 0 saturated carbocycles. The highest BCUT2D eigenvalue weighted by atomic mass is 32.2. The number of benzene rings is 1. The third kappa shape index (κ3) is 2.71. The number of nitrogens with zero attached hydrogens (tertiary/aromatic N) is 1. The molecular formula is C15H13NO6S. The van der Waals surface area contributed by atoms with E-state index in [0.717, 1.165) is 0 Å². The van der Waals surface area contributed by atoms with Gasteiger partial charge in [0.2, 0.25) is 5.91 Å². The van der Waals surface area contributed by atoms with Gasteiger partial charge in [0.05, 0.1) is 12.2 Å². The van der Waals surface area contributed by atoms with Gasteiger partial charge in [0.25, 0.3) is 0 Å². The van der Waals surface area contributed by atoms with E-state index in [4.69, 9.17) is 14.9 Å². The fourth-order valence-corrected chi connectivity index (χ4v) is 3.63. The van der Waals surface area contributed by atoms with Gasteiger partial charge < -0.3 is 14.9 Å². The van der Waals surface area contributed by atoms with Crippen LogP contribution in [0, 0.1) is 5.92 Å². The molecule has 2 aliphatic heterocycles. The predicted molar refractivity (Wildman–Crippen MR) is 80.1 cm³/mol. The lowest BCUT2D eigenvalue weighted by molar-refractivity contribution is -0.153. The summed E-state index contributed by atoms with van der Waals surface area (Å²) in [4.78, 5) is 36.1. The zero-order chi connectivity index (χ0) is 16.6. The monoisotopic (exact) mass is 335 g/mol. The Hall–Kier alpha value is -2.32. The number of carbonyl (C=O) groups excluding carboxylic acids is 2. The number of hydrogen-bond donors (Lipinski definition) is 2. The fraction of sp³-hybridized carbons (Fsp3) is 0.267. The first-order valence-corrected chi connectivity index (χ1v) is 7.76. The number of aliphatic hydroxyl groups excluding tert-OH is 1. The van der Waals surface area contributed by atoms with Crippen molar-refractivity contribution >= 4 is 29.6 Å². The Morgan fingerprint density at radius 2 is 1.96 bits per heavy atom. The van der Waals surface area contributed by atoms with Crippen molar-refractivity contribution in [1.29, 1.82) is 0 Å². The quantitative estimate of drug-likeness (QED) is 0.605. The summed E-state index contributed by atoms with van der Waals surface area (Å²) in [5, 5.41) is 19.0. The molecule has 1 amide bonds. The zero-order valence-electron chi connectivity index (χ0n) is 11.8. The van der Waals surface area contributed by atoms with Crippen molar-refractivity contribution in [3.05, 3.63) is 46.5 Å². The van der Waals surface area contributed by atoms with E-state index >= 15 is 0 Å². The van der Waals surface area contributed by atoms with Crippen molar-refractivity contribution in [2.24, 2.45) is 5.92 Å². The lowest BCUT2D eigenvalue weighted by atomic mass is 9.98. The predicted octanol–water partition coefficient (Wildman–Crippen LogP) is 0.793. The summed E-state index contributed by atoms with van der Waals surface area (Å²) in [6.07, 6.45) is 0. The van der Waals surface area contributed by atoms with E-state index in [9.17, 15) is 14.4 Å². The highest BCUT2D eigenvalue weighted by Crippen LogP contribution is 2.44. The van der Waals surface area contributed by atoms with Crippen molar-refractivity contribution in [3.63, 3.8) is 0 Å². The van der Waals surface area contributed by atoms with Crippen LogP contribution in [0.25, 0.3) is 0 Å². The SMILES string of the molecule is O=C(O)C1=CS[C@H]2C(COC(=O)c3ccc(CO)cc3)C(=O)N12. The van der Waals surface area contributed by atoms with Gasteiger partial charge in [0.15, 0.2) is 0 Å². The largest absolute Gasteiger partial charge is 0.477 e. The van der Waals surface area contributed by atoms with Crippen molar-refractivity contribution < 1.29 is 29.3 Å². The topological polar surface area (TPSA) is 104 Å². The molecule has 2 aliphatic rings. The van der Waals surface area contributed by atoms with E-state index in [2.05, 4.69) is 0 Å². The number of β-lactam (4-membered cyclic amide) rings is 1. The van der Waals surface area contributed by atoms with Crippen LogP contribution < -0.4 is 0 Å². The van der Waals surface area contributed by atoms with Gasteiger partial charge in [0.1, 0.15) is 23.6 Å². The molecule has 0 spiro atoms. The van der Waals surface area contributed by atoms with Crippen molar-refractivity contribution in [1.82, 2.24) is 4.90 Å². The average Bonchev–Trinajstić information content (AvgIpc) is 2.95. The number of hydrogen-bond acceptors (Lipinski definition) is 6. The smallest absolute Gasteiger partial charge is 0.353 e. The van der Waals surface area contributed by atoms with Crippen LogP contribution >= 0.6 is 11.8 Å². The third-order valence-electron chi connectivity index (χ3n) is 3.72. The zero-order valence-corrected chi connectivity index (χ0v) is 12.7. The maximum absolute atomic E-state index is 12.0. The van der Waals surface area contributed by atoms with Crippen LogP contribution in [0.4, 0.5) is 0 Å². The van der Waals surface area contributed by atoms with E-state index < -0.39 is 17.9 Å². The molecule has 0 aliphatic carbocycles. The third-order valence-corrected chi connectivity index (χ3v) is 4.89. The van der Waals surface area contributed by atoms with Crippen LogP contribution in [0.2, 0.25) is 0 Å². The van der Waals surface area contributed by atoms with Crippen LogP contribution in [0.15, 0.2) is 35.4 Å². The molecule has 8 heteroatoms. The molecule has 2 N–H and O–H groups in total. The van der Waals surface area contributed by atoms with Crippen LogP contribution in [0.3, 0.4) is 0 Å². The second kappa shape index (κ2) is 6.05. The summed E-state index contributed by atoms with van der Waals surface area (Å²) in [7, 11) is 0. The molecule has 120 valence electrons. The van der Waals surface area contributed by atoms with E-state index in [-0.39, 0.29) is 30.2 Å². The van der Waals surface area contributed by atoms with Crippen molar-refractivity contribution in [2.75, 3.05) is 6.61 Å². The highest BCUT2D eigenvalue weighted by molar-refractivity contribution is 8.03. The number of rotatable bonds is 5. The summed E-state index contributed by atoms with van der Waals surface area (Å²) in [5.74, 6) is -2.59. The molecule has 1 saturated heterocycles. The van der Waals surface area contributed by atoms with E-state index in [0.29, 0.717) is 11.1 Å². The molecule has 7 nitrogen and oxygen atoms in total. The number of aliphatic hydroxyl groups is 1. The molecule has 1 aromatic rings. The summed E-state index contributed by atoms with van der Waals surface area (Å²) in [6, 6.07) is 6.31. The van der Waals surface area contributed by atoms with Gasteiger partial charge in [-0.1, -0.05) is 12.1 Å². The molecule has 0 radical (unpaired) electrons. The first-order valence-electron chi connectivity index (χ1n) is 6.82. The van der Waals surface area contributed by atoms with Gasteiger partial charge in [-0.25, -0.2) is 9.59 Å². The van der Waals surface area contributed by atoms with Gasteiger partial charge in [0, 0.05) is 5.41 Å². The van der Waals surface area contributed by atoms with Crippen LogP contribution in [0.1, 0.15) is 15.9 Å². The number of carboxylic acids is 1. The number of aliphatic carboxylic acids is 1. The number of carboxylic acid groups (broad SMARTS) is 1. The van der Waals surface area contributed by atoms with E-state index in [1.807, 2.05) is 0 Å². The summed E-state index contributed by atoms with van der Waals surface area (Å²) >= 11 is 1.24. The Balaban J connectivity index is 1.56. The molecule has 2 atom stereocenters. The minimum absolute atomic E-state index is 0.0350. The summed E-state index contributed by atoms with van der Waals surface area (Å²) < 4.78 is 5.15. The Morgan fingerprint density at radius 3 is 2.57 bits per heavy atom. The second-order valence-corrected chi connectivity index (χ2v) is 6.09. The fourth-order valence-electron chi connectivity index (χ4n) is 2.43. The maximum atomic E-state index is 12.0. The molecule has 2 heterocycles. The maximum Gasteiger partial charge on any atom is 0.353 e. The molecule has 1 unspecified atom stereocenters. The van der Waals surface area contributed by atoms with Gasteiger partial charge in [-0.15, -0.1) is 11.8 Å². The normalized spacial score (nSPS) is 22.2. The van der Waals surface area contributed by atoms with Crippen LogP contribution in [-0.4, -0.2) is 44.9 Å². The van der Waals surface area contributed by atoms with Crippen LogP contribution in [0.5, 0.6) is 0 Å². The molecular weight excluding hydrogens is 322 g/mol. The second-order valence-electron chi connectivity index (χ2n) is 5.10. The molecule has 3 rings (SSSR count). The lowest BCUT2D eigenvalue weighted by Gasteiger charge is -2.41. The van der Waals surface area contributed by atoms with Gasteiger partial charge >= 0.3 is 11.9 Å². The van der Waals surface area contributed by atoms with Crippen LogP contribution in [-0.2, 0) is 20.9 Å². The van der Waals surface area contributed by atoms with Crippen molar-refractivity contribution in [2.45, 2.75) is 12.0 Å². The van der Waals surface area contributed by atoms with Crippen molar-refractivity contribution in [3.8, 4) is 0 Å². The number of thioether (sulfide) groups is 1. The minimum Gasteiger partial charge on any atom is -0.477 e. The highest BCUT2D eigenvalue weighted by Gasteiger charge is 2.54. The van der Waals surface area contributed by atoms with Gasteiger partial charge in [-0.2, -0.15) is 0 Å². The average molecular weight is 335 g/mol. The number of fused-ring (bicyclic) bond motifs is 1. The summed E-state index contributed by atoms with van der Waals surface area (Å²) in [6.45, 7) is -0.201. The number of esters is 1. The molecule has 1 fully saturated rings. The molecule has 23 heavy (non-hydrogen) atoms. The Labute approximate surface area is 135 Å². The Bertz CT molecular complexity index is 698. The lowest BCUT2D eigenvalue weighted by Crippen LogP contribution is -2.58.